The number of alkyl carbamates (subject to hydrolysis) is 2. The second kappa shape index (κ2) is 7.20. The maximum absolute atomic E-state index is 11.7. The zero-order chi connectivity index (χ0) is 16.3. The Balaban J connectivity index is 2.08. The number of hydrogen-bond donors (Lipinski definition) is 2. The van der Waals surface area contributed by atoms with Gasteiger partial charge in [0.05, 0.1) is 12.1 Å². The summed E-state index contributed by atoms with van der Waals surface area (Å²) >= 11 is 0. The lowest BCUT2D eigenvalue weighted by molar-refractivity contribution is 0.0127. The SMILES string of the molecule is CCC(C)C[C@@H]1NC(=O)O[C@H]1[C@@H]1OC(=O)N[C@H]1CC(C)CC. The second-order valence-corrected chi connectivity index (χ2v) is 6.74. The van der Waals surface area contributed by atoms with E-state index in [0.717, 1.165) is 25.7 Å². The summed E-state index contributed by atoms with van der Waals surface area (Å²) in [5.74, 6) is 0.958. The fourth-order valence-corrected chi connectivity index (χ4v) is 3.12. The molecule has 2 unspecified atom stereocenters. The van der Waals surface area contributed by atoms with E-state index in [1.54, 1.807) is 0 Å². The predicted molar refractivity (Wildman–Crippen MR) is 82.5 cm³/mol. The number of amides is 2. The molecule has 2 rings (SSSR count). The van der Waals surface area contributed by atoms with Gasteiger partial charge >= 0.3 is 12.2 Å². The van der Waals surface area contributed by atoms with Gasteiger partial charge in [0, 0.05) is 0 Å². The van der Waals surface area contributed by atoms with Crippen molar-refractivity contribution in [2.75, 3.05) is 0 Å². The fourth-order valence-electron chi connectivity index (χ4n) is 3.12. The molecule has 0 aliphatic carbocycles. The van der Waals surface area contributed by atoms with Gasteiger partial charge in [0.1, 0.15) is 0 Å². The Morgan fingerprint density at radius 3 is 1.55 bits per heavy atom. The van der Waals surface area contributed by atoms with E-state index in [1.807, 2.05) is 0 Å². The van der Waals surface area contributed by atoms with Crippen LogP contribution in [-0.2, 0) is 9.47 Å². The summed E-state index contributed by atoms with van der Waals surface area (Å²) < 4.78 is 10.9. The predicted octanol–water partition coefficient (Wildman–Crippen LogP) is 2.81. The average molecular weight is 312 g/mol. The second-order valence-electron chi connectivity index (χ2n) is 6.74. The van der Waals surface area contributed by atoms with E-state index in [-0.39, 0.29) is 12.1 Å². The maximum Gasteiger partial charge on any atom is 0.407 e. The fraction of sp³-hybridized carbons (Fsp3) is 0.875. The van der Waals surface area contributed by atoms with Crippen LogP contribution in [-0.4, -0.2) is 36.5 Å². The van der Waals surface area contributed by atoms with Gasteiger partial charge in [-0.05, 0) is 24.7 Å². The number of carbonyl (C=O) groups is 2. The van der Waals surface area contributed by atoms with Gasteiger partial charge in [-0.15, -0.1) is 0 Å². The van der Waals surface area contributed by atoms with Crippen molar-refractivity contribution in [3.8, 4) is 0 Å². The van der Waals surface area contributed by atoms with Gasteiger partial charge in [-0.1, -0.05) is 40.5 Å². The lowest BCUT2D eigenvalue weighted by Crippen LogP contribution is -2.47. The van der Waals surface area contributed by atoms with Gasteiger partial charge in [-0.2, -0.15) is 0 Å². The largest absolute Gasteiger partial charge is 0.440 e. The van der Waals surface area contributed by atoms with E-state index >= 15 is 0 Å². The Labute approximate surface area is 132 Å². The van der Waals surface area contributed by atoms with Crippen LogP contribution in [0.15, 0.2) is 0 Å². The van der Waals surface area contributed by atoms with Crippen molar-refractivity contribution in [3.63, 3.8) is 0 Å². The van der Waals surface area contributed by atoms with E-state index < -0.39 is 24.4 Å². The Bertz CT molecular complexity index is 377. The van der Waals surface area contributed by atoms with Gasteiger partial charge in [0.15, 0.2) is 12.2 Å². The monoisotopic (exact) mass is 312 g/mol. The first-order chi connectivity index (χ1) is 10.4. The minimum absolute atomic E-state index is 0.0976. The Morgan fingerprint density at radius 2 is 1.23 bits per heavy atom. The molecule has 2 fully saturated rings. The number of hydrogen-bond acceptors (Lipinski definition) is 4. The van der Waals surface area contributed by atoms with Gasteiger partial charge in [0.25, 0.3) is 0 Å². The standard InChI is InChI=1S/C16H28N2O4/c1-5-9(3)7-11-13(21-15(19)17-11)14-12(8-10(4)6-2)18-16(20)22-14/h9-14H,5-8H2,1-4H3,(H,17,19)(H,18,20)/t9?,10?,11-,12-,13+,14+/m0/s1. The zero-order valence-electron chi connectivity index (χ0n) is 13.9. The van der Waals surface area contributed by atoms with Crippen LogP contribution in [0, 0.1) is 11.8 Å². The summed E-state index contributed by atoms with van der Waals surface area (Å²) in [7, 11) is 0. The number of ether oxygens (including phenoxy) is 2. The molecule has 126 valence electrons. The van der Waals surface area contributed by atoms with Crippen LogP contribution in [0.1, 0.15) is 53.4 Å². The van der Waals surface area contributed by atoms with Crippen LogP contribution in [0.4, 0.5) is 9.59 Å². The van der Waals surface area contributed by atoms with E-state index in [4.69, 9.17) is 9.47 Å². The van der Waals surface area contributed by atoms with Crippen LogP contribution >= 0.6 is 0 Å². The Kier molecular flexibility index (Phi) is 5.53. The third-order valence-electron chi connectivity index (χ3n) is 4.92. The van der Waals surface area contributed by atoms with Crippen molar-refractivity contribution in [1.29, 1.82) is 0 Å². The van der Waals surface area contributed by atoms with Gasteiger partial charge in [0.2, 0.25) is 0 Å². The van der Waals surface area contributed by atoms with Crippen molar-refractivity contribution in [2.45, 2.75) is 77.7 Å². The molecular weight excluding hydrogens is 284 g/mol. The lowest BCUT2D eigenvalue weighted by atomic mass is 9.88. The highest BCUT2D eigenvalue weighted by atomic mass is 16.6. The van der Waals surface area contributed by atoms with Crippen LogP contribution in [0.5, 0.6) is 0 Å². The summed E-state index contributed by atoms with van der Waals surface area (Å²) in [6, 6.07) is -0.195. The molecule has 0 spiro atoms. The Hall–Kier alpha value is -1.46. The van der Waals surface area contributed by atoms with Crippen LogP contribution < -0.4 is 10.6 Å². The quantitative estimate of drug-likeness (QED) is 0.758. The number of nitrogens with one attached hydrogen (secondary N) is 2. The van der Waals surface area contributed by atoms with Crippen LogP contribution in [0.2, 0.25) is 0 Å². The van der Waals surface area contributed by atoms with Gasteiger partial charge < -0.3 is 20.1 Å². The van der Waals surface area contributed by atoms with Crippen molar-refractivity contribution >= 4 is 12.2 Å². The molecule has 2 heterocycles. The molecule has 0 aromatic carbocycles. The van der Waals surface area contributed by atoms with Crippen LogP contribution in [0.3, 0.4) is 0 Å². The number of rotatable bonds is 7. The van der Waals surface area contributed by atoms with E-state index in [2.05, 4.69) is 38.3 Å². The van der Waals surface area contributed by atoms with E-state index in [0.29, 0.717) is 11.8 Å². The van der Waals surface area contributed by atoms with Crippen molar-refractivity contribution in [2.24, 2.45) is 11.8 Å². The smallest absolute Gasteiger partial charge is 0.407 e. The topological polar surface area (TPSA) is 76.7 Å². The number of cyclic esters (lactones) is 2. The third-order valence-corrected chi connectivity index (χ3v) is 4.92. The first-order valence-corrected chi connectivity index (χ1v) is 8.38. The molecule has 6 heteroatoms. The molecule has 0 aromatic rings. The molecule has 22 heavy (non-hydrogen) atoms. The normalized spacial score (nSPS) is 33.6. The molecule has 0 bridgehead atoms. The first-order valence-electron chi connectivity index (χ1n) is 8.38. The molecular formula is C16H28N2O4. The highest BCUT2D eigenvalue weighted by Crippen LogP contribution is 2.29. The summed E-state index contributed by atoms with van der Waals surface area (Å²) in [4.78, 5) is 23.3. The van der Waals surface area contributed by atoms with Gasteiger partial charge in [-0.3, -0.25) is 0 Å². The average Bonchev–Trinajstić information content (AvgIpc) is 3.01. The van der Waals surface area contributed by atoms with E-state index in [1.165, 1.54) is 0 Å². The van der Waals surface area contributed by atoms with Crippen molar-refractivity contribution < 1.29 is 19.1 Å². The molecule has 0 saturated carbocycles. The zero-order valence-corrected chi connectivity index (χ0v) is 13.9. The highest BCUT2D eigenvalue weighted by molar-refractivity contribution is 5.72. The molecule has 2 aliphatic heterocycles. The lowest BCUT2D eigenvalue weighted by Gasteiger charge is -2.27. The minimum Gasteiger partial charge on any atom is -0.440 e. The third kappa shape index (κ3) is 3.84. The van der Waals surface area contributed by atoms with Crippen molar-refractivity contribution in [1.82, 2.24) is 10.6 Å². The first kappa shape index (κ1) is 16.9. The van der Waals surface area contributed by atoms with E-state index in [9.17, 15) is 9.59 Å². The summed E-state index contributed by atoms with van der Waals surface area (Å²) in [6.45, 7) is 8.55. The van der Waals surface area contributed by atoms with Crippen molar-refractivity contribution in [3.05, 3.63) is 0 Å². The Morgan fingerprint density at radius 1 is 0.864 bits per heavy atom. The molecule has 0 radical (unpaired) electrons. The molecule has 6 nitrogen and oxygen atoms in total. The maximum atomic E-state index is 11.7. The summed E-state index contributed by atoms with van der Waals surface area (Å²) in [5.41, 5.74) is 0. The van der Waals surface area contributed by atoms with Crippen LogP contribution in [0.25, 0.3) is 0 Å². The highest BCUT2D eigenvalue weighted by Gasteiger charge is 2.48. The summed E-state index contributed by atoms with van der Waals surface area (Å²) in [6.07, 6.45) is 2.10. The molecule has 2 amide bonds. The molecule has 2 aliphatic rings. The molecule has 6 atom stereocenters. The number of carbonyl (C=O) groups excluding carboxylic acids is 2. The molecule has 2 N–H and O–H groups in total. The molecule has 2 saturated heterocycles. The molecule has 0 aromatic heterocycles. The summed E-state index contributed by atoms with van der Waals surface area (Å²) in [5, 5.41) is 5.74. The van der Waals surface area contributed by atoms with Gasteiger partial charge in [-0.25, -0.2) is 9.59 Å². The minimum atomic E-state index is -0.413.